The number of nitrogens with zero attached hydrogens (tertiary/aromatic N) is 3. The summed E-state index contributed by atoms with van der Waals surface area (Å²) in [4.78, 5) is 10.5. The molecule has 0 bridgehead atoms. The SMILES string of the molecule is CCN(CC(C)(C)O)c1cc(Cl)nc(SC)n1. The maximum absolute atomic E-state index is 9.85. The molecule has 0 saturated heterocycles. The van der Waals surface area contributed by atoms with Crippen molar-refractivity contribution in [2.45, 2.75) is 31.5 Å². The van der Waals surface area contributed by atoms with E-state index >= 15 is 0 Å². The molecular formula is C11H18ClN3OS. The molecule has 96 valence electrons. The smallest absolute Gasteiger partial charge is 0.190 e. The largest absolute Gasteiger partial charge is 0.389 e. The number of hydrogen-bond acceptors (Lipinski definition) is 5. The lowest BCUT2D eigenvalue weighted by Gasteiger charge is -2.29. The van der Waals surface area contributed by atoms with E-state index in [-0.39, 0.29) is 0 Å². The Bertz CT molecular complexity index is 381. The van der Waals surface area contributed by atoms with Crippen LogP contribution in [0.5, 0.6) is 0 Å². The first-order valence-electron chi connectivity index (χ1n) is 5.41. The molecule has 4 nitrogen and oxygen atoms in total. The number of likely N-dealkylation sites (N-methyl/N-ethyl adjacent to an activating group) is 1. The fourth-order valence-electron chi connectivity index (χ4n) is 1.46. The van der Waals surface area contributed by atoms with Crippen molar-refractivity contribution in [3.8, 4) is 0 Å². The van der Waals surface area contributed by atoms with E-state index in [0.717, 1.165) is 12.4 Å². The van der Waals surface area contributed by atoms with Crippen LogP contribution in [0.3, 0.4) is 0 Å². The topological polar surface area (TPSA) is 49.2 Å². The van der Waals surface area contributed by atoms with Crippen molar-refractivity contribution < 1.29 is 5.11 Å². The molecule has 1 aromatic rings. The third-order valence-electron chi connectivity index (χ3n) is 2.13. The molecule has 0 atom stereocenters. The maximum Gasteiger partial charge on any atom is 0.190 e. The van der Waals surface area contributed by atoms with E-state index in [9.17, 15) is 5.11 Å². The van der Waals surface area contributed by atoms with E-state index in [0.29, 0.717) is 16.9 Å². The number of aliphatic hydroxyl groups is 1. The lowest BCUT2D eigenvalue weighted by Crippen LogP contribution is -2.39. The molecule has 0 fully saturated rings. The molecule has 0 aliphatic rings. The van der Waals surface area contributed by atoms with Gasteiger partial charge in [0.15, 0.2) is 5.16 Å². The van der Waals surface area contributed by atoms with Crippen molar-refractivity contribution in [1.82, 2.24) is 9.97 Å². The Morgan fingerprint density at radius 1 is 1.47 bits per heavy atom. The van der Waals surface area contributed by atoms with Crippen molar-refractivity contribution in [2.75, 3.05) is 24.2 Å². The van der Waals surface area contributed by atoms with E-state index in [4.69, 9.17) is 11.6 Å². The van der Waals surface area contributed by atoms with Gasteiger partial charge in [-0.3, -0.25) is 0 Å². The zero-order valence-corrected chi connectivity index (χ0v) is 12.1. The van der Waals surface area contributed by atoms with Crippen LogP contribution in [0.15, 0.2) is 11.2 Å². The number of aromatic nitrogens is 2. The summed E-state index contributed by atoms with van der Waals surface area (Å²) >= 11 is 7.39. The molecule has 0 saturated carbocycles. The van der Waals surface area contributed by atoms with Gasteiger partial charge in [-0.2, -0.15) is 0 Å². The highest BCUT2D eigenvalue weighted by Crippen LogP contribution is 2.21. The van der Waals surface area contributed by atoms with Crippen LogP contribution in [0.1, 0.15) is 20.8 Å². The molecule has 0 amide bonds. The predicted octanol–water partition coefficient (Wildman–Crippen LogP) is 2.45. The van der Waals surface area contributed by atoms with Gasteiger partial charge in [0.2, 0.25) is 0 Å². The van der Waals surface area contributed by atoms with Crippen molar-refractivity contribution in [3.05, 3.63) is 11.2 Å². The summed E-state index contributed by atoms with van der Waals surface area (Å²) < 4.78 is 0. The first-order chi connectivity index (χ1) is 7.85. The van der Waals surface area contributed by atoms with Gasteiger partial charge >= 0.3 is 0 Å². The summed E-state index contributed by atoms with van der Waals surface area (Å²) in [6, 6.07) is 1.72. The Hall–Kier alpha value is -0.520. The van der Waals surface area contributed by atoms with E-state index in [1.54, 1.807) is 19.9 Å². The van der Waals surface area contributed by atoms with Crippen LogP contribution in [-0.4, -0.2) is 40.0 Å². The normalized spacial score (nSPS) is 11.6. The quantitative estimate of drug-likeness (QED) is 0.508. The van der Waals surface area contributed by atoms with Gasteiger partial charge < -0.3 is 10.0 Å². The highest BCUT2D eigenvalue weighted by Gasteiger charge is 2.19. The van der Waals surface area contributed by atoms with E-state index in [1.165, 1.54) is 11.8 Å². The molecule has 0 aliphatic heterocycles. The second-order valence-corrected chi connectivity index (χ2v) is 5.52. The number of thioether (sulfide) groups is 1. The molecule has 1 heterocycles. The predicted molar refractivity (Wildman–Crippen MR) is 73.0 cm³/mol. The summed E-state index contributed by atoms with van der Waals surface area (Å²) in [7, 11) is 0. The third kappa shape index (κ3) is 4.69. The zero-order chi connectivity index (χ0) is 13.1. The van der Waals surface area contributed by atoms with Gasteiger partial charge in [-0.25, -0.2) is 9.97 Å². The number of anilines is 1. The Morgan fingerprint density at radius 2 is 2.12 bits per heavy atom. The summed E-state index contributed by atoms with van der Waals surface area (Å²) in [5.74, 6) is 0.749. The summed E-state index contributed by atoms with van der Waals surface area (Å²) in [5, 5.41) is 10.9. The Balaban J connectivity index is 2.99. The van der Waals surface area contributed by atoms with E-state index in [1.807, 2.05) is 18.1 Å². The molecule has 6 heteroatoms. The van der Waals surface area contributed by atoms with Gasteiger partial charge in [0, 0.05) is 19.2 Å². The van der Waals surface area contributed by atoms with Gasteiger partial charge in [0.05, 0.1) is 5.60 Å². The van der Waals surface area contributed by atoms with Crippen molar-refractivity contribution >= 4 is 29.2 Å². The van der Waals surface area contributed by atoms with Gasteiger partial charge in [-0.05, 0) is 27.0 Å². The van der Waals surface area contributed by atoms with Gasteiger partial charge in [-0.1, -0.05) is 23.4 Å². The molecule has 17 heavy (non-hydrogen) atoms. The van der Waals surface area contributed by atoms with Crippen LogP contribution in [0.4, 0.5) is 5.82 Å². The highest BCUT2D eigenvalue weighted by atomic mass is 35.5. The Labute approximate surface area is 111 Å². The first kappa shape index (κ1) is 14.5. The average molecular weight is 276 g/mol. The lowest BCUT2D eigenvalue weighted by molar-refractivity contribution is 0.0874. The number of rotatable bonds is 5. The van der Waals surface area contributed by atoms with Crippen LogP contribution >= 0.6 is 23.4 Å². The Morgan fingerprint density at radius 3 is 2.59 bits per heavy atom. The van der Waals surface area contributed by atoms with Gasteiger partial charge in [0.1, 0.15) is 11.0 Å². The molecule has 0 aliphatic carbocycles. The zero-order valence-electron chi connectivity index (χ0n) is 10.6. The first-order valence-corrected chi connectivity index (χ1v) is 7.02. The van der Waals surface area contributed by atoms with Crippen LogP contribution in [0, 0.1) is 0 Å². The van der Waals surface area contributed by atoms with Crippen molar-refractivity contribution in [3.63, 3.8) is 0 Å². The second kappa shape index (κ2) is 5.89. The Kier molecular flexibility index (Phi) is 5.04. The monoisotopic (exact) mass is 275 g/mol. The molecule has 0 aromatic carbocycles. The van der Waals surface area contributed by atoms with Crippen LogP contribution in [0.25, 0.3) is 0 Å². The van der Waals surface area contributed by atoms with Crippen LogP contribution in [-0.2, 0) is 0 Å². The van der Waals surface area contributed by atoms with Crippen LogP contribution in [0.2, 0.25) is 5.15 Å². The minimum Gasteiger partial charge on any atom is -0.389 e. The summed E-state index contributed by atoms with van der Waals surface area (Å²) in [6.07, 6.45) is 1.90. The molecule has 0 spiro atoms. The maximum atomic E-state index is 9.85. The van der Waals surface area contributed by atoms with Crippen molar-refractivity contribution in [1.29, 1.82) is 0 Å². The van der Waals surface area contributed by atoms with Gasteiger partial charge in [0.25, 0.3) is 0 Å². The molecule has 1 rings (SSSR count). The third-order valence-corrected chi connectivity index (χ3v) is 2.87. The summed E-state index contributed by atoms with van der Waals surface area (Å²) in [6.45, 7) is 6.82. The minimum absolute atomic E-state index is 0.425. The molecule has 0 unspecified atom stereocenters. The molecule has 1 N–H and O–H groups in total. The lowest BCUT2D eigenvalue weighted by atomic mass is 10.1. The summed E-state index contributed by atoms with van der Waals surface area (Å²) in [5.41, 5.74) is -0.771. The van der Waals surface area contributed by atoms with E-state index < -0.39 is 5.60 Å². The second-order valence-electron chi connectivity index (χ2n) is 4.36. The average Bonchev–Trinajstić information content (AvgIpc) is 2.23. The molecular weight excluding hydrogens is 258 g/mol. The molecule has 1 aromatic heterocycles. The van der Waals surface area contributed by atoms with Crippen LogP contribution < -0.4 is 4.90 Å². The highest BCUT2D eigenvalue weighted by molar-refractivity contribution is 7.98. The molecule has 0 radical (unpaired) electrons. The van der Waals surface area contributed by atoms with Gasteiger partial charge in [-0.15, -0.1) is 0 Å². The fourth-order valence-corrected chi connectivity index (χ4v) is 2.06. The standard InChI is InChI=1S/C11H18ClN3OS/c1-5-15(7-11(2,3)16)9-6-8(12)13-10(14-9)17-4/h6,16H,5,7H2,1-4H3. The van der Waals surface area contributed by atoms with Crippen molar-refractivity contribution in [2.24, 2.45) is 0 Å². The van der Waals surface area contributed by atoms with E-state index in [2.05, 4.69) is 9.97 Å². The minimum atomic E-state index is -0.771. The number of hydrogen-bond donors (Lipinski definition) is 1. The number of halogens is 1. The fraction of sp³-hybridized carbons (Fsp3) is 0.636.